The molecule has 0 radical (unpaired) electrons. The topological polar surface area (TPSA) is 78.9 Å². The molecule has 0 aromatic carbocycles. The van der Waals surface area contributed by atoms with Gasteiger partial charge in [-0.05, 0) is 89.9 Å². The molecule has 0 aromatic heterocycles. The first-order chi connectivity index (χ1) is 36.0. The molecule has 0 aromatic rings. The standard InChI is InChI=1S/C67H118O6/c1-4-7-10-13-16-19-22-25-28-29-30-31-32-33-34-35-36-37-40-42-45-48-51-54-57-60-66(69)72-63-64(73-67(70)61-58-55-52-49-46-43-39-27-24-21-18-15-12-9-6-3)62-71-65(68)59-56-53-50-47-44-41-38-26-23-20-17-14-11-8-5-2/h7,10,16,19,25,27-28,30-31,33-34,39,64H,4-6,8-9,11-15,17-18,20-24,26,29,32,35-38,40-63H2,1-3H3/b10-7-,19-16-,28-25-,31-30-,34-33-,39-27-. The highest BCUT2D eigenvalue weighted by Gasteiger charge is 2.19. The number of hydrogen-bond acceptors (Lipinski definition) is 6. The first kappa shape index (κ1) is 69.8. The van der Waals surface area contributed by atoms with E-state index in [2.05, 4.69) is 93.7 Å². The van der Waals surface area contributed by atoms with Gasteiger partial charge in [-0.25, -0.2) is 0 Å². The molecule has 0 saturated heterocycles. The molecule has 0 rings (SSSR count). The van der Waals surface area contributed by atoms with Crippen molar-refractivity contribution in [3.05, 3.63) is 72.9 Å². The number of esters is 3. The van der Waals surface area contributed by atoms with Crippen molar-refractivity contribution in [1.29, 1.82) is 0 Å². The van der Waals surface area contributed by atoms with Crippen LogP contribution in [0.4, 0.5) is 0 Å². The molecular weight excluding hydrogens is 901 g/mol. The molecule has 0 aliphatic carbocycles. The molecule has 422 valence electrons. The van der Waals surface area contributed by atoms with Crippen LogP contribution in [0.3, 0.4) is 0 Å². The number of ether oxygens (including phenoxy) is 3. The fourth-order valence-electron chi connectivity index (χ4n) is 9.00. The molecule has 0 aliphatic rings. The average molecular weight is 1020 g/mol. The van der Waals surface area contributed by atoms with Crippen LogP contribution >= 0.6 is 0 Å². The SMILES string of the molecule is CC/C=C\C/C=C\C/C=C\C/C=C\C/C=C\CCCCCCCCCCCC(=O)OCC(COC(=O)CCCCCCCCCCCCCCCCC)OC(=O)CCCCCCC/C=C\CCCCCCCC. The van der Waals surface area contributed by atoms with E-state index in [0.717, 1.165) is 109 Å². The van der Waals surface area contributed by atoms with Gasteiger partial charge in [-0.2, -0.15) is 0 Å². The zero-order valence-electron chi connectivity index (χ0n) is 48.4. The van der Waals surface area contributed by atoms with Crippen LogP contribution in [0.2, 0.25) is 0 Å². The van der Waals surface area contributed by atoms with E-state index in [4.69, 9.17) is 14.2 Å². The summed E-state index contributed by atoms with van der Waals surface area (Å²) in [7, 11) is 0. The van der Waals surface area contributed by atoms with E-state index in [-0.39, 0.29) is 31.1 Å². The summed E-state index contributed by atoms with van der Waals surface area (Å²) in [6, 6.07) is 0. The lowest BCUT2D eigenvalue weighted by atomic mass is 10.0. The number of allylic oxidation sites excluding steroid dienone is 12. The van der Waals surface area contributed by atoms with Crippen molar-refractivity contribution in [2.45, 2.75) is 322 Å². The van der Waals surface area contributed by atoms with Crippen molar-refractivity contribution in [2.75, 3.05) is 13.2 Å². The minimum absolute atomic E-state index is 0.0770. The third-order valence-corrected chi connectivity index (χ3v) is 13.7. The van der Waals surface area contributed by atoms with Crippen LogP contribution in [0.25, 0.3) is 0 Å². The van der Waals surface area contributed by atoms with Gasteiger partial charge in [0.25, 0.3) is 0 Å². The maximum atomic E-state index is 12.9. The second-order valence-electron chi connectivity index (χ2n) is 20.9. The minimum Gasteiger partial charge on any atom is -0.462 e. The van der Waals surface area contributed by atoms with Crippen molar-refractivity contribution in [2.24, 2.45) is 0 Å². The molecule has 6 nitrogen and oxygen atoms in total. The Morgan fingerprint density at radius 2 is 0.534 bits per heavy atom. The highest BCUT2D eigenvalue weighted by molar-refractivity contribution is 5.71. The molecule has 0 N–H and O–H groups in total. The Labute approximate surface area is 453 Å². The van der Waals surface area contributed by atoms with Crippen molar-refractivity contribution in [1.82, 2.24) is 0 Å². The Kier molecular flexibility index (Phi) is 58.7. The van der Waals surface area contributed by atoms with Crippen LogP contribution < -0.4 is 0 Å². The summed E-state index contributed by atoms with van der Waals surface area (Å²) in [6.45, 7) is 6.55. The molecule has 1 atom stereocenters. The van der Waals surface area contributed by atoms with Crippen molar-refractivity contribution < 1.29 is 28.6 Å². The van der Waals surface area contributed by atoms with Crippen molar-refractivity contribution >= 4 is 17.9 Å². The average Bonchev–Trinajstić information content (AvgIpc) is 3.39. The van der Waals surface area contributed by atoms with E-state index in [1.54, 1.807) is 0 Å². The predicted molar refractivity (Wildman–Crippen MR) is 316 cm³/mol. The fourth-order valence-corrected chi connectivity index (χ4v) is 9.00. The lowest BCUT2D eigenvalue weighted by Crippen LogP contribution is -2.30. The summed E-state index contributed by atoms with van der Waals surface area (Å²) < 4.78 is 16.9. The summed E-state index contributed by atoms with van der Waals surface area (Å²) in [6.07, 6.45) is 79.0. The zero-order valence-corrected chi connectivity index (χ0v) is 48.4. The molecule has 0 fully saturated rings. The van der Waals surface area contributed by atoms with Crippen LogP contribution in [0.5, 0.6) is 0 Å². The van der Waals surface area contributed by atoms with Crippen LogP contribution in [0, 0.1) is 0 Å². The van der Waals surface area contributed by atoms with Gasteiger partial charge < -0.3 is 14.2 Å². The monoisotopic (exact) mass is 1020 g/mol. The Morgan fingerprint density at radius 3 is 0.849 bits per heavy atom. The van der Waals surface area contributed by atoms with Gasteiger partial charge in [0.1, 0.15) is 13.2 Å². The number of rotatable bonds is 57. The van der Waals surface area contributed by atoms with Gasteiger partial charge in [0.2, 0.25) is 0 Å². The van der Waals surface area contributed by atoms with E-state index in [9.17, 15) is 14.4 Å². The van der Waals surface area contributed by atoms with E-state index in [0.29, 0.717) is 19.3 Å². The van der Waals surface area contributed by atoms with Gasteiger partial charge in [-0.1, -0.05) is 280 Å². The molecule has 0 amide bonds. The van der Waals surface area contributed by atoms with Gasteiger partial charge >= 0.3 is 17.9 Å². The van der Waals surface area contributed by atoms with E-state index >= 15 is 0 Å². The summed E-state index contributed by atoms with van der Waals surface area (Å²) in [5.41, 5.74) is 0. The van der Waals surface area contributed by atoms with Crippen molar-refractivity contribution in [3.63, 3.8) is 0 Å². The van der Waals surface area contributed by atoms with Crippen LogP contribution in [-0.2, 0) is 28.6 Å². The maximum absolute atomic E-state index is 12.9. The quantitative estimate of drug-likeness (QED) is 0.0261. The second-order valence-corrected chi connectivity index (χ2v) is 20.9. The van der Waals surface area contributed by atoms with Crippen LogP contribution in [0.1, 0.15) is 316 Å². The van der Waals surface area contributed by atoms with Gasteiger partial charge in [-0.15, -0.1) is 0 Å². The van der Waals surface area contributed by atoms with E-state index < -0.39 is 6.10 Å². The molecule has 0 bridgehead atoms. The molecule has 73 heavy (non-hydrogen) atoms. The largest absolute Gasteiger partial charge is 0.462 e. The normalized spacial score (nSPS) is 12.5. The van der Waals surface area contributed by atoms with Crippen molar-refractivity contribution in [3.8, 4) is 0 Å². The first-order valence-corrected chi connectivity index (χ1v) is 31.4. The van der Waals surface area contributed by atoms with Gasteiger partial charge in [-0.3, -0.25) is 14.4 Å². The lowest BCUT2D eigenvalue weighted by Gasteiger charge is -2.18. The number of hydrogen-bond donors (Lipinski definition) is 0. The van der Waals surface area contributed by atoms with E-state index in [1.807, 2.05) is 0 Å². The zero-order chi connectivity index (χ0) is 52.9. The summed E-state index contributed by atoms with van der Waals surface area (Å²) in [5, 5.41) is 0. The third kappa shape index (κ3) is 59.6. The number of carbonyl (C=O) groups excluding carboxylic acids is 3. The Morgan fingerprint density at radius 1 is 0.288 bits per heavy atom. The first-order valence-electron chi connectivity index (χ1n) is 31.4. The highest BCUT2D eigenvalue weighted by Crippen LogP contribution is 2.16. The number of carbonyl (C=O) groups is 3. The van der Waals surface area contributed by atoms with Gasteiger partial charge in [0.15, 0.2) is 6.10 Å². The van der Waals surface area contributed by atoms with Gasteiger partial charge in [0.05, 0.1) is 0 Å². The van der Waals surface area contributed by atoms with Crippen LogP contribution in [-0.4, -0.2) is 37.2 Å². The summed E-state index contributed by atoms with van der Waals surface area (Å²) in [4.78, 5) is 38.3. The number of unbranched alkanes of at least 4 members (excludes halogenated alkanes) is 34. The predicted octanol–water partition coefficient (Wildman–Crippen LogP) is 21.3. The Hall–Kier alpha value is -3.15. The summed E-state index contributed by atoms with van der Waals surface area (Å²) in [5.74, 6) is -0.877. The lowest BCUT2D eigenvalue weighted by molar-refractivity contribution is -0.167. The van der Waals surface area contributed by atoms with Gasteiger partial charge in [0, 0.05) is 19.3 Å². The molecular formula is C67H118O6. The summed E-state index contributed by atoms with van der Waals surface area (Å²) >= 11 is 0. The molecule has 0 aliphatic heterocycles. The Balaban J connectivity index is 4.32. The highest BCUT2D eigenvalue weighted by atomic mass is 16.6. The maximum Gasteiger partial charge on any atom is 0.306 e. The van der Waals surface area contributed by atoms with Crippen LogP contribution in [0.15, 0.2) is 72.9 Å². The van der Waals surface area contributed by atoms with E-state index in [1.165, 1.54) is 167 Å². The minimum atomic E-state index is -0.781. The fraction of sp³-hybridized carbons (Fsp3) is 0.776. The molecule has 6 heteroatoms. The third-order valence-electron chi connectivity index (χ3n) is 13.7. The smallest absolute Gasteiger partial charge is 0.306 e. The second kappa shape index (κ2) is 61.4. The molecule has 0 spiro atoms. The Bertz CT molecular complexity index is 1360. The molecule has 1 unspecified atom stereocenters. The molecule has 0 heterocycles. The molecule has 0 saturated carbocycles.